The number of rotatable bonds is 8. The van der Waals surface area contributed by atoms with Crippen molar-refractivity contribution in [1.29, 1.82) is 0 Å². The van der Waals surface area contributed by atoms with Crippen LogP contribution in [0.2, 0.25) is 0 Å². The van der Waals surface area contributed by atoms with Crippen molar-refractivity contribution in [2.24, 2.45) is 0 Å². The van der Waals surface area contributed by atoms with E-state index in [-0.39, 0.29) is 5.91 Å². The molecule has 0 radical (unpaired) electrons. The van der Waals surface area contributed by atoms with Crippen LogP contribution in [0.15, 0.2) is 36.9 Å². The van der Waals surface area contributed by atoms with E-state index in [2.05, 4.69) is 20.3 Å². The van der Waals surface area contributed by atoms with Gasteiger partial charge in [-0.15, -0.1) is 0 Å². The molecule has 0 spiro atoms. The Morgan fingerprint density at radius 3 is 2.88 bits per heavy atom. The molecule has 0 saturated carbocycles. The summed E-state index contributed by atoms with van der Waals surface area (Å²) in [6.07, 6.45) is 5.80. The van der Waals surface area contributed by atoms with Crippen LogP contribution in [0.5, 0.6) is 0 Å². The lowest BCUT2D eigenvalue weighted by Gasteiger charge is -2.13. The second-order valence-corrected chi connectivity index (χ2v) is 6.95. The van der Waals surface area contributed by atoms with Crippen LogP contribution in [-0.4, -0.2) is 56.7 Å². The molecule has 7 heteroatoms. The van der Waals surface area contributed by atoms with E-state index in [1.807, 2.05) is 24.3 Å². The average Bonchev–Trinajstić information content (AvgIpc) is 3.30. The van der Waals surface area contributed by atoms with Gasteiger partial charge in [-0.05, 0) is 37.6 Å². The first-order valence-corrected chi connectivity index (χ1v) is 9.48. The first kappa shape index (κ1) is 17.0. The van der Waals surface area contributed by atoms with E-state index in [4.69, 9.17) is 0 Å². The van der Waals surface area contributed by atoms with Crippen molar-refractivity contribution in [1.82, 2.24) is 25.0 Å². The number of nitrogens with one attached hydrogen (secondary N) is 1. The Labute approximate surface area is 146 Å². The summed E-state index contributed by atoms with van der Waals surface area (Å²) < 4.78 is 1.71. The van der Waals surface area contributed by atoms with Gasteiger partial charge in [0.15, 0.2) is 0 Å². The summed E-state index contributed by atoms with van der Waals surface area (Å²) in [6, 6.07) is 7.89. The molecule has 2 heterocycles. The Morgan fingerprint density at radius 1 is 1.25 bits per heavy atom. The largest absolute Gasteiger partial charge is 0.351 e. The number of thioether (sulfide) groups is 1. The lowest BCUT2D eigenvalue weighted by atomic mass is 10.2. The highest BCUT2D eigenvalue weighted by Gasteiger charge is 2.11. The minimum atomic E-state index is 0.0785. The number of hydrogen-bond donors (Lipinski definition) is 1. The Morgan fingerprint density at radius 2 is 2.08 bits per heavy atom. The van der Waals surface area contributed by atoms with Gasteiger partial charge in [0.25, 0.3) is 0 Å². The highest BCUT2D eigenvalue weighted by Crippen LogP contribution is 2.13. The van der Waals surface area contributed by atoms with E-state index in [1.165, 1.54) is 32.3 Å². The van der Waals surface area contributed by atoms with Gasteiger partial charge < -0.3 is 10.2 Å². The van der Waals surface area contributed by atoms with Gasteiger partial charge in [0.2, 0.25) is 5.91 Å². The van der Waals surface area contributed by atoms with E-state index >= 15 is 0 Å². The average molecular weight is 345 g/mol. The second kappa shape index (κ2) is 8.84. The molecular formula is C17H23N5OS. The van der Waals surface area contributed by atoms with Gasteiger partial charge in [-0.3, -0.25) is 4.79 Å². The summed E-state index contributed by atoms with van der Waals surface area (Å²) in [5.41, 5.74) is 1.97. The number of nitrogens with zero attached hydrogens (tertiary/aromatic N) is 4. The van der Waals surface area contributed by atoms with Crippen LogP contribution in [0.25, 0.3) is 5.69 Å². The first-order valence-electron chi connectivity index (χ1n) is 8.32. The van der Waals surface area contributed by atoms with Gasteiger partial charge in [0.1, 0.15) is 12.7 Å². The molecule has 0 bridgehead atoms. The van der Waals surface area contributed by atoms with Crippen LogP contribution >= 0.6 is 11.8 Å². The van der Waals surface area contributed by atoms with Crippen LogP contribution in [0, 0.1) is 0 Å². The third-order valence-electron chi connectivity index (χ3n) is 4.12. The van der Waals surface area contributed by atoms with E-state index in [1.54, 1.807) is 22.8 Å². The third-order valence-corrected chi connectivity index (χ3v) is 5.05. The van der Waals surface area contributed by atoms with E-state index in [0.717, 1.165) is 23.5 Å². The summed E-state index contributed by atoms with van der Waals surface area (Å²) in [5, 5.41) is 7.15. The maximum Gasteiger partial charge on any atom is 0.230 e. The van der Waals surface area contributed by atoms with Gasteiger partial charge >= 0.3 is 0 Å². The van der Waals surface area contributed by atoms with Crippen molar-refractivity contribution in [2.45, 2.75) is 19.4 Å². The minimum Gasteiger partial charge on any atom is -0.351 e. The summed E-state index contributed by atoms with van der Waals surface area (Å²) >= 11 is 1.70. The molecule has 128 valence electrons. The predicted molar refractivity (Wildman–Crippen MR) is 96.2 cm³/mol. The Kier molecular flexibility index (Phi) is 6.26. The summed E-state index contributed by atoms with van der Waals surface area (Å²) in [4.78, 5) is 18.5. The summed E-state index contributed by atoms with van der Waals surface area (Å²) in [6.45, 7) is 4.02. The van der Waals surface area contributed by atoms with Crippen LogP contribution < -0.4 is 5.32 Å². The maximum absolute atomic E-state index is 12.0. The topological polar surface area (TPSA) is 63.1 Å². The third kappa shape index (κ3) is 4.82. The quantitative estimate of drug-likeness (QED) is 0.738. The number of carbonyl (C=O) groups is 1. The van der Waals surface area contributed by atoms with Crippen molar-refractivity contribution in [3.8, 4) is 5.69 Å². The molecule has 1 aromatic carbocycles. The van der Waals surface area contributed by atoms with Crippen molar-refractivity contribution >= 4 is 17.7 Å². The molecule has 0 atom stereocenters. The molecule has 6 nitrogen and oxygen atoms in total. The lowest BCUT2D eigenvalue weighted by molar-refractivity contribution is -0.118. The smallest absolute Gasteiger partial charge is 0.230 e. The van der Waals surface area contributed by atoms with E-state index in [0.29, 0.717) is 12.3 Å². The zero-order valence-electron chi connectivity index (χ0n) is 13.7. The number of amides is 1. The van der Waals surface area contributed by atoms with Gasteiger partial charge in [-0.25, -0.2) is 9.67 Å². The zero-order valence-corrected chi connectivity index (χ0v) is 14.5. The first-order chi connectivity index (χ1) is 11.8. The fraction of sp³-hybridized carbons (Fsp3) is 0.471. The molecule has 0 unspecified atom stereocenters. The Hall–Kier alpha value is -1.86. The fourth-order valence-electron chi connectivity index (χ4n) is 2.83. The Balaban J connectivity index is 1.41. The van der Waals surface area contributed by atoms with Crippen molar-refractivity contribution < 1.29 is 4.79 Å². The summed E-state index contributed by atoms with van der Waals surface area (Å²) in [7, 11) is 0. The highest BCUT2D eigenvalue weighted by molar-refractivity contribution is 7.99. The molecule has 1 aliphatic rings. The molecular weight excluding hydrogens is 322 g/mol. The number of carbonyl (C=O) groups excluding carboxylic acids is 1. The SMILES string of the molecule is O=C(CSCCN1CCCC1)NCc1ccccc1-n1cncn1. The van der Waals surface area contributed by atoms with Gasteiger partial charge in [0.05, 0.1) is 11.4 Å². The summed E-state index contributed by atoms with van der Waals surface area (Å²) in [5.74, 6) is 1.61. The van der Waals surface area contributed by atoms with Crippen LogP contribution in [-0.2, 0) is 11.3 Å². The fourth-order valence-corrected chi connectivity index (χ4v) is 3.65. The molecule has 2 aromatic rings. The second-order valence-electron chi connectivity index (χ2n) is 5.85. The Bertz CT molecular complexity index is 640. The van der Waals surface area contributed by atoms with Crippen molar-refractivity contribution in [3.05, 3.63) is 42.5 Å². The number of benzene rings is 1. The molecule has 0 aliphatic carbocycles. The molecule has 1 aromatic heterocycles. The van der Waals surface area contributed by atoms with Crippen LogP contribution in [0.3, 0.4) is 0 Å². The normalized spacial score (nSPS) is 14.8. The monoisotopic (exact) mass is 345 g/mol. The molecule has 1 saturated heterocycles. The predicted octanol–water partition coefficient (Wildman–Crippen LogP) is 1.71. The standard InChI is InChI=1S/C17H23N5OS/c23-17(12-24-10-9-21-7-3-4-8-21)19-11-15-5-1-2-6-16(15)22-14-18-13-20-22/h1-2,5-6,13-14H,3-4,7-12H2,(H,19,23). The number of aromatic nitrogens is 3. The number of hydrogen-bond acceptors (Lipinski definition) is 5. The van der Waals surface area contributed by atoms with Crippen molar-refractivity contribution in [2.75, 3.05) is 31.1 Å². The minimum absolute atomic E-state index is 0.0785. The molecule has 1 N–H and O–H groups in total. The lowest BCUT2D eigenvalue weighted by Crippen LogP contribution is -2.26. The van der Waals surface area contributed by atoms with Crippen LogP contribution in [0.1, 0.15) is 18.4 Å². The molecule has 24 heavy (non-hydrogen) atoms. The number of para-hydroxylation sites is 1. The van der Waals surface area contributed by atoms with Gasteiger partial charge in [-0.1, -0.05) is 18.2 Å². The maximum atomic E-state index is 12.0. The van der Waals surface area contributed by atoms with Crippen LogP contribution in [0.4, 0.5) is 0 Å². The van der Waals surface area contributed by atoms with Gasteiger partial charge in [-0.2, -0.15) is 16.9 Å². The highest BCUT2D eigenvalue weighted by atomic mass is 32.2. The molecule has 1 aliphatic heterocycles. The number of likely N-dealkylation sites (tertiary alicyclic amines) is 1. The molecule has 3 rings (SSSR count). The van der Waals surface area contributed by atoms with Gasteiger partial charge in [0, 0.05) is 18.8 Å². The zero-order chi connectivity index (χ0) is 16.6. The van der Waals surface area contributed by atoms with Crippen molar-refractivity contribution in [3.63, 3.8) is 0 Å². The molecule has 1 fully saturated rings. The van der Waals surface area contributed by atoms with E-state index in [9.17, 15) is 4.79 Å². The molecule has 1 amide bonds. The van der Waals surface area contributed by atoms with E-state index < -0.39 is 0 Å².